The topological polar surface area (TPSA) is 54.8 Å². The standard InChI is InChI=1S/C15H12F3N4O/c16-15(17,18)12-4-1-3-11(7-12)8-14-19-10-22(20-14)13-5-2-6-21(23)9-13/h1-7,9-10,23H,8H2/q+1. The number of aromatic nitrogens is 4. The van der Waals surface area contributed by atoms with Gasteiger partial charge in [0.1, 0.15) is 12.0 Å². The molecule has 0 amide bonds. The molecule has 1 aromatic carbocycles. The summed E-state index contributed by atoms with van der Waals surface area (Å²) < 4.78 is 40.4. The zero-order valence-electron chi connectivity index (χ0n) is 11.8. The van der Waals surface area contributed by atoms with Crippen LogP contribution in [0.5, 0.6) is 0 Å². The molecule has 8 heteroatoms. The number of halogens is 3. The highest BCUT2D eigenvalue weighted by Crippen LogP contribution is 2.29. The van der Waals surface area contributed by atoms with Gasteiger partial charge in [0.2, 0.25) is 12.4 Å². The summed E-state index contributed by atoms with van der Waals surface area (Å²) in [6.45, 7) is 0. The van der Waals surface area contributed by atoms with Crippen molar-refractivity contribution in [2.45, 2.75) is 12.6 Å². The SMILES string of the molecule is O[n+]1cccc(-n2cnc(Cc3cccc(C(F)(F)F)c3)n2)c1. The third kappa shape index (κ3) is 3.47. The molecule has 1 N–H and O–H groups in total. The van der Waals surface area contributed by atoms with Gasteiger partial charge >= 0.3 is 6.18 Å². The molecule has 0 unspecified atom stereocenters. The van der Waals surface area contributed by atoms with Gasteiger partial charge in [-0.15, -0.1) is 0 Å². The molecular weight excluding hydrogens is 309 g/mol. The maximum atomic E-state index is 12.7. The van der Waals surface area contributed by atoms with Crippen LogP contribution >= 0.6 is 0 Å². The first-order valence-electron chi connectivity index (χ1n) is 6.69. The first-order chi connectivity index (χ1) is 10.9. The number of hydrogen-bond donors (Lipinski definition) is 1. The Labute approximate surface area is 129 Å². The molecule has 0 aliphatic rings. The number of alkyl halides is 3. The monoisotopic (exact) mass is 321 g/mol. The minimum Gasteiger partial charge on any atom is -0.285 e. The van der Waals surface area contributed by atoms with E-state index in [2.05, 4.69) is 10.1 Å². The Morgan fingerprint density at radius 3 is 2.74 bits per heavy atom. The molecule has 3 aromatic rings. The molecule has 2 aromatic heterocycles. The molecule has 0 aliphatic carbocycles. The van der Waals surface area contributed by atoms with Gasteiger partial charge in [-0.1, -0.05) is 18.2 Å². The summed E-state index contributed by atoms with van der Waals surface area (Å²) in [5, 5.41) is 13.6. The van der Waals surface area contributed by atoms with Crippen molar-refractivity contribution in [3.05, 3.63) is 72.1 Å². The van der Waals surface area contributed by atoms with E-state index in [1.807, 2.05) is 0 Å². The van der Waals surface area contributed by atoms with Crippen molar-refractivity contribution in [1.29, 1.82) is 0 Å². The van der Waals surface area contributed by atoms with Gasteiger partial charge in [-0.3, -0.25) is 5.21 Å². The number of nitrogens with zero attached hydrogens (tertiary/aromatic N) is 4. The van der Waals surface area contributed by atoms with E-state index in [4.69, 9.17) is 0 Å². The van der Waals surface area contributed by atoms with Crippen molar-refractivity contribution >= 4 is 0 Å². The molecule has 5 nitrogen and oxygen atoms in total. The zero-order chi connectivity index (χ0) is 16.4. The largest absolute Gasteiger partial charge is 0.416 e. The maximum absolute atomic E-state index is 12.7. The molecule has 23 heavy (non-hydrogen) atoms. The fourth-order valence-corrected chi connectivity index (χ4v) is 2.13. The van der Waals surface area contributed by atoms with Crippen LogP contribution in [0.1, 0.15) is 17.0 Å². The van der Waals surface area contributed by atoms with E-state index in [-0.39, 0.29) is 6.42 Å². The summed E-state index contributed by atoms with van der Waals surface area (Å²) in [5.74, 6) is 0.387. The van der Waals surface area contributed by atoms with Crippen LogP contribution in [0.25, 0.3) is 5.69 Å². The molecule has 2 heterocycles. The van der Waals surface area contributed by atoms with Gasteiger partial charge in [-0.25, -0.2) is 9.67 Å². The van der Waals surface area contributed by atoms with Crippen molar-refractivity contribution in [1.82, 2.24) is 14.8 Å². The highest BCUT2D eigenvalue weighted by Gasteiger charge is 2.30. The number of pyridine rings is 1. The fourth-order valence-electron chi connectivity index (χ4n) is 2.13. The Hall–Kier alpha value is -2.90. The second-order valence-corrected chi connectivity index (χ2v) is 4.92. The fraction of sp³-hybridized carbons (Fsp3) is 0.133. The predicted molar refractivity (Wildman–Crippen MR) is 73.0 cm³/mol. The molecule has 0 aliphatic heterocycles. The number of hydrogen-bond acceptors (Lipinski definition) is 3. The molecule has 0 spiro atoms. The van der Waals surface area contributed by atoms with E-state index in [0.29, 0.717) is 17.1 Å². The van der Waals surface area contributed by atoms with Crippen LogP contribution in [0.4, 0.5) is 13.2 Å². The van der Waals surface area contributed by atoms with E-state index >= 15 is 0 Å². The minimum atomic E-state index is -4.37. The van der Waals surface area contributed by atoms with E-state index in [0.717, 1.165) is 16.9 Å². The highest BCUT2D eigenvalue weighted by molar-refractivity contribution is 5.28. The maximum Gasteiger partial charge on any atom is 0.416 e. The summed E-state index contributed by atoms with van der Waals surface area (Å²) in [6, 6.07) is 8.42. The van der Waals surface area contributed by atoms with Crippen LogP contribution in [-0.2, 0) is 12.6 Å². The quantitative estimate of drug-likeness (QED) is 0.595. The smallest absolute Gasteiger partial charge is 0.285 e. The lowest BCUT2D eigenvalue weighted by Crippen LogP contribution is -2.29. The third-order valence-corrected chi connectivity index (χ3v) is 3.19. The van der Waals surface area contributed by atoms with E-state index in [1.165, 1.54) is 29.5 Å². The second-order valence-electron chi connectivity index (χ2n) is 4.92. The molecule has 0 bridgehead atoms. The summed E-state index contributed by atoms with van der Waals surface area (Å²) in [7, 11) is 0. The lowest BCUT2D eigenvalue weighted by Gasteiger charge is -2.07. The third-order valence-electron chi connectivity index (χ3n) is 3.19. The molecule has 3 rings (SSSR count). The van der Waals surface area contributed by atoms with Crippen LogP contribution in [0.15, 0.2) is 55.1 Å². The van der Waals surface area contributed by atoms with Gasteiger partial charge < -0.3 is 0 Å². The van der Waals surface area contributed by atoms with Crippen LogP contribution in [0, 0.1) is 0 Å². The Bertz CT molecular complexity index is 829. The first-order valence-corrected chi connectivity index (χ1v) is 6.69. The van der Waals surface area contributed by atoms with Gasteiger partial charge in [0, 0.05) is 17.2 Å². The molecule has 0 saturated heterocycles. The Morgan fingerprint density at radius 2 is 2.00 bits per heavy atom. The number of rotatable bonds is 3. The van der Waals surface area contributed by atoms with Crippen molar-refractivity contribution < 1.29 is 23.1 Å². The minimum absolute atomic E-state index is 0.183. The van der Waals surface area contributed by atoms with E-state index in [9.17, 15) is 18.4 Å². The molecule has 0 fully saturated rings. The zero-order valence-corrected chi connectivity index (χ0v) is 11.8. The lowest BCUT2D eigenvalue weighted by molar-refractivity contribution is -0.904. The lowest BCUT2D eigenvalue weighted by atomic mass is 10.1. The second kappa shape index (κ2) is 5.71. The average molecular weight is 321 g/mol. The Kier molecular flexibility index (Phi) is 3.73. The van der Waals surface area contributed by atoms with Crippen molar-refractivity contribution in [3.8, 4) is 5.69 Å². The Morgan fingerprint density at radius 1 is 1.17 bits per heavy atom. The summed E-state index contributed by atoms with van der Waals surface area (Å²) >= 11 is 0. The summed E-state index contributed by atoms with van der Waals surface area (Å²) in [5.41, 5.74) is 0.361. The van der Waals surface area contributed by atoms with Gasteiger partial charge in [-0.2, -0.15) is 18.3 Å². The van der Waals surface area contributed by atoms with Gasteiger partial charge in [-0.05, 0) is 17.7 Å². The van der Waals surface area contributed by atoms with Crippen molar-refractivity contribution in [2.24, 2.45) is 0 Å². The number of benzene rings is 1. The highest BCUT2D eigenvalue weighted by atomic mass is 19.4. The molecule has 118 valence electrons. The van der Waals surface area contributed by atoms with Crippen LogP contribution in [-0.4, -0.2) is 20.0 Å². The van der Waals surface area contributed by atoms with Crippen LogP contribution in [0.3, 0.4) is 0 Å². The van der Waals surface area contributed by atoms with Crippen LogP contribution < -0.4 is 4.73 Å². The summed E-state index contributed by atoms with van der Waals surface area (Å²) in [4.78, 5) is 4.09. The van der Waals surface area contributed by atoms with Crippen molar-refractivity contribution in [2.75, 3.05) is 0 Å². The van der Waals surface area contributed by atoms with E-state index in [1.54, 1.807) is 18.2 Å². The Balaban J connectivity index is 1.82. The molecular formula is C15H12F3N4O+. The summed E-state index contributed by atoms with van der Waals surface area (Å²) in [6.07, 6.45) is 0.134. The van der Waals surface area contributed by atoms with E-state index < -0.39 is 11.7 Å². The van der Waals surface area contributed by atoms with Gasteiger partial charge in [0.05, 0.1) is 5.56 Å². The first kappa shape index (κ1) is 15.0. The van der Waals surface area contributed by atoms with Crippen LogP contribution in [0.2, 0.25) is 0 Å². The normalized spacial score (nSPS) is 11.6. The average Bonchev–Trinajstić information content (AvgIpc) is 2.95. The van der Waals surface area contributed by atoms with Gasteiger partial charge in [0.25, 0.3) is 0 Å². The molecule has 0 saturated carbocycles. The predicted octanol–water partition coefficient (Wildman–Crippen LogP) is 2.40. The van der Waals surface area contributed by atoms with Gasteiger partial charge in [0.15, 0.2) is 5.82 Å². The molecule has 0 atom stereocenters. The van der Waals surface area contributed by atoms with Crippen molar-refractivity contribution in [3.63, 3.8) is 0 Å². The molecule has 0 radical (unpaired) electrons.